The van der Waals surface area contributed by atoms with Crippen LogP contribution in [0.4, 0.5) is 32.3 Å². The second kappa shape index (κ2) is 7.77. The maximum atomic E-state index is 12.3. The fraction of sp³-hybridized carbons (Fsp3) is 0.222. The highest BCUT2D eigenvalue weighted by Gasteiger charge is 2.23. The molecule has 0 spiro atoms. The molecule has 1 aliphatic rings. The lowest BCUT2D eigenvalue weighted by Gasteiger charge is -2.15. The molecule has 10 heteroatoms. The number of hydrogen-bond donors (Lipinski definition) is 3. The normalized spacial score (nSPS) is 13.8. The Labute approximate surface area is 162 Å². The number of anilines is 4. The van der Waals surface area contributed by atoms with E-state index in [0.29, 0.717) is 35.9 Å². The molecule has 0 saturated carbocycles. The van der Waals surface area contributed by atoms with Crippen LogP contribution in [-0.4, -0.2) is 39.9 Å². The van der Waals surface area contributed by atoms with Crippen LogP contribution in [0.15, 0.2) is 42.5 Å². The van der Waals surface area contributed by atoms with E-state index in [0.717, 1.165) is 11.8 Å². The summed E-state index contributed by atoms with van der Waals surface area (Å²) in [5, 5.41) is 5.34. The predicted octanol–water partition coefficient (Wildman–Crippen LogP) is 2.97. The summed E-state index contributed by atoms with van der Waals surface area (Å²) in [6, 6.07) is 11.2. The second-order valence-electron chi connectivity index (χ2n) is 6.30. The molecule has 1 fully saturated rings. The summed E-state index contributed by atoms with van der Waals surface area (Å²) in [5.74, 6) is 0. The van der Waals surface area contributed by atoms with Gasteiger partial charge in [0.15, 0.2) is 0 Å². The van der Waals surface area contributed by atoms with E-state index in [1.807, 2.05) is 0 Å². The first-order valence-electron chi connectivity index (χ1n) is 8.42. The van der Waals surface area contributed by atoms with Gasteiger partial charge in [-0.2, -0.15) is 0 Å². The summed E-state index contributed by atoms with van der Waals surface area (Å²) >= 11 is 0. The second-order valence-corrected chi connectivity index (χ2v) is 8.05. The maximum Gasteiger partial charge on any atom is 0.414 e. The Hall–Kier alpha value is -3.27. The van der Waals surface area contributed by atoms with E-state index in [1.54, 1.807) is 43.3 Å². The predicted molar refractivity (Wildman–Crippen MR) is 107 cm³/mol. The highest BCUT2D eigenvalue weighted by atomic mass is 32.2. The van der Waals surface area contributed by atoms with Gasteiger partial charge in [0, 0.05) is 17.1 Å². The summed E-state index contributed by atoms with van der Waals surface area (Å²) in [7, 11) is -3.43. The van der Waals surface area contributed by atoms with Crippen molar-refractivity contribution in [3.8, 4) is 0 Å². The van der Waals surface area contributed by atoms with Gasteiger partial charge < -0.3 is 15.4 Å². The maximum absolute atomic E-state index is 12.3. The molecule has 9 nitrogen and oxygen atoms in total. The Morgan fingerprint density at radius 2 is 1.82 bits per heavy atom. The minimum absolute atomic E-state index is 0.328. The molecule has 3 rings (SSSR count). The lowest BCUT2D eigenvalue weighted by atomic mass is 10.2. The van der Waals surface area contributed by atoms with Crippen LogP contribution in [-0.2, 0) is 14.8 Å². The van der Waals surface area contributed by atoms with Crippen molar-refractivity contribution in [3.63, 3.8) is 0 Å². The summed E-state index contributed by atoms with van der Waals surface area (Å²) in [6.45, 7) is 2.54. The van der Waals surface area contributed by atoms with Gasteiger partial charge in [0.1, 0.15) is 6.61 Å². The number of ether oxygens (including phenoxy) is 1. The van der Waals surface area contributed by atoms with Crippen molar-refractivity contribution in [2.75, 3.05) is 39.7 Å². The Morgan fingerprint density at radius 1 is 1.11 bits per heavy atom. The number of nitrogens with zero attached hydrogens (tertiary/aromatic N) is 1. The number of sulfonamides is 1. The Morgan fingerprint density at radius 3 is 2.46 bits per heavy atom. The first-order chi connectivity index (χ1) is 13.2. The Balaban J connectivity index is 1.69. The van der Waals surface area contributed by atoms with Crippen molar-refractivity contribution in [2.24, 2.45) is 0 Å². The lowest BCUT2D eigenvalue weighted by Crippen LogP contribution is -2.24. The molecule has 0 bridgehead atoms. The van der Waals surface area contributed by atoms with Crippen molar-refractivity contribution in [1.29, 1.82) is 0 Å². The highest BCUT2D eigenvalue weighted by Crippen LogP contribution is 2.24. The third kappa shape index (κ3) is 4.92. The van der Waals surface area contributed by atoms with Crippen LogP contribution in [0.5, 0.6) is 0 Å². The molecule has 3 amide bonds. The molecule has 0 aliphatic carbocycles. The van der Waals surface area contributed by atoms with Crippen LogP contribution in [0.25, 0.3) is 0 Å². The Kier molecular flexibility index (Phi) is 5.41. The van der Waals surface area contributed by atoms with Crippen molar-refractivity contribution < 1.29 is 22.7 Å². The third-order valence-corrected chi connectivity index (χ3v) is 4.56. The van der Waals surface area contributed by atoms with E-state index in [9.17, 15) is 18.0 Å². The lowest BCUT2D eigenvalue weighted by molar-refractivity contribution is 0.181. The standard InChI is InChI=1S/C18H20N4O5S/c1-12-6-7-14(11-16(12)21-28(2,25)26)20-17(23)19-13-4-3-5-15(10-13)22-8-9-27-18(22)24/h3-7,10-11,21H,8-9H2,1-2H3,(H2,19,20,23). The van der Waals surface area contributed by atoms with Gasteiger partial charge in [0.2, 0.25) is 10.0 Å². The molecule has 3 N–H and O–H groups in total. The van der Waals surface area contributed by atoms with E-state index in [-0.39, 0.29) is 0 Å². The van der Waals surface area contributed by atoms with Crippen LogP contribution >= 0.6 is 0 Å². The van der Waals surface area contributed by atoms with Crippen LogP contribution < -0.4 is 20.3 Å². The molecule has 0 unspecified atom stereocenters. The number of rotatable bonds is 5. The minimum Gasteiger partial charge on any atom is -0.447 e. The number of amides is 3. The molecule has 0 aromatic heterocycles. The largest absolute Gasteiger partial charge is 0.447 e. The third-order valence-electron chi connectivity index (χ3n) is 3.97. The first kappa shape index (κ1) is 19.5. The minimum atomic E-state index is -3.43. The number of carbonyl (C=O) groups excluding carboxylic acids is 2. The number of cyclic esters (lactones) is 1. The summed E-state index contributed by atoms with van der Waals surface area (Å²) in [6.07, 6.45) is 0.634. The zero-order chi connectivity index (χ0) is 20.3. The van der Waals surface area contributed by atoms with Crippen LogP contribution in [0.2, 0.25) is 0 Å². The van der Waals surface area contributed by atoms with E-state index in [2.05, 4.69) is 15.4 Å². The quantitative estimate of drug-likeness (QED) is 0.708. The summed E-state index contributed by atoms with van der Waals surface area (Å²) in [5.41, 5.74) is 2.65. The van der Waals surface area contributed by atoms with Gasteiger partial charge in [-0.05, 0) is 42.8 Å². The average molecular weight is 404 g/mol. The van der Waals surface area contributed by atoms with Gasteiger partial charge >= 0.3 is 12.1 Å². The van der Waals surface area contributed by atoms with Gasteiger partial charge in [-0.25, -0.2) is 18.0 Å². The van der Waals surface area contributed by atoms with Crippen LogP contribution in [0.1, 0.15) is 5.56 Å². The number of nitrogens with one attached hydrogen (secondary N) is 3. The fourth-order valence-electron chi connectivity index (χ4n) is 2.68. The van der Waals surface area contributed by atoms with E-state index in [1.165, 1.54) is 11.0 Å². The summed E-state index contributed by atoms with van der Waals surface area (Å²) < 4.78 is 30.2. The van der Waals surface area contributed by atoms with Crippen molar-refractivity contribution in [3.05, 3.63) is 48.0 Å². The van der Waals surface area contributed by atoms with Gasteiger partial charge in [0.25, 0.3) is 0 Å². The topological polar surface area (TPSA) is 117 Å². The summed E-state index contributed by atoms with van der Waals surface area (Å²) in [4.78, 5) is 25.4. The number of aryl methyl sites for hydroxylation is 1. The molecule has 28 heavy (non-hydrogen) atoms. The molecule has 0 radical (unpaired) electrons. The molecule has 1 aliphatic heterocycles. The number of hydrogen-bond acceptors (Lipinski definition) is 5. The fourth-order valence-corrected chi connectivity index (χ4v) is 3.30. The van der Waals surface area contributed by atoms with E-state index < -0.39 is 22.1 Å². The molecule has 148 valence electrons. The molecule has 2 aromatic rings. The van der Waals surface area contributed by atoms with Crippen molar-refractivity contribution >= 4 is 44.9 Å². The zero-order valence-corrected chi connectivity index (χ0v) is 16.2. The van der Waals surface area contributed by atoms with Crippen molar-refractivity contribution in [2.45, 2.75) is 6.92 Å². The molecule has 1 heterocycles. The molecule has 0 atom stereocenters. The van der Waals surface area contributed by atoms with Crippen molar-refractivity contribution in [1.82, 2.24) is 0 Å². The molecular weight excluding hydrogens is 384 g/mol. The van der Waals surface area contributed by atoms with E-state index >= 15 is 0 Å². The average Bonchev–Trinajstić information content (AvgIpc) is 3.03. The van der Waals surface area contributed by atoms with E-state index in [4.69, 9.17) is 4.74 Å². The highest BCUT2D eigenvalue weighted by molar-refractivity contribution is 7.92. The molecule has 2 aromatic carbocycles. The number of urea groups is 1. The molecular formula is C18H20N4O5S. The van der Waals surface area contributed by atoms with Crippen LogP contribution in [0.3, 0.4) is 0 Å². The monoisotopic (exact) mass is 404 g/mol. The van der Waals surface area contributed by atoms with Gasteiger partial charge in [-0.15, -0.1) is 0 Å². The molecule has 1 saturated heterocycles. The Bertz CT molecular complexity index is 1020. The number of carbonyl (C=O) groups is 2. The number of benzene rings is 2. The SMILES string of the molecule is Cc1ccc(NC(=O)Nc2cccc(N3CCOC3=O)c2)cc1NS(C)(=O)=O. The van der Waals surface area contributed by atoms with Gasteiger partial charge in [0.05, 0.1) is 18.5 Å². The van der Waals surface area contributed by atoms with Crippen LogP contribution in [0, 0.1) is 6.92 Å². The zero-order valence-electron chi connectivity index (χ0n) is 15.4. The smallest absolute Gasteiger partial charge is 0.414 e. The first-order valence-corrected chi connectivity index (χ1v) is 10.3. The van der Waals surface area contributed by atoms with Gasteiger partial charge in [-0.1, -0.05) is 12.1 Å². The van der Waals surface area contributed by atoms with Gasteiger partial charge in [-0.3, -0.25) is 9.62 Å².